The van der Waals surface area contributed by atoms with Crippen LogP contribution in [0.5, 0.6) is 5.75 Å². The van der Waals surface area contributed by atoms with Crippen LogP contribution in [-0.4, -0.2) is 43.3 Å². The van der Waals surface area contributed by atoms with Gasteiger partial charge in [0.05, 0.1) is 12.0 Å². The van der Waals surface area contributed by atoms with E-state index in [-0.39, 0.29) is 16.3 Å². The summed E-state index contributed by atoms with van der Waals surface area (Å²) in [5.74, 6) is 0.993. The molecular formula is C21H21ClN6O3S. The van der Waals surface area contributed by atoms with E-state index >= 15 is 0 Å². The van der Waals surface area contributed by atoms with Gasteiger partial charge >= 0.3 is 0 Å². The van der Waals surface area contributed by atoms with Crippen LogP contribution in [0.2, 0.25) is 5.02 Å². The Hall–Kier alpha value is -3.42. The quantitative estimate of drug-likeness (QED) is 0.529. The monoisotopic (exact) mass is 472 g/mol. The number of nitrogens with two attached hydrogens (primary N) is 1. The summed E-state index contributed by atoms with van der Waals surface area (Å²) in [6.07, 6.45) is 5.76. The zero-order valence-corrected chi connectivity index (χ0v) is 19.3. The lowest BCUT2D eigenvalue weighted by Gasteiger charge is -2.18. The molecule has 0 saturated heterocycles. The molecule has 11 heteroatoms. The number of rotatable bonds is 7. The number of anilines is 2. The largest absolute Gasteiger partial charge is 0.496 e. The molecule has 3 aromatic rings. The van der Waals surface area contributed by atoms with Crippen molar-refractivity contribution in [3.8, 4) is 22.9 Å². The van der Waals surface area contributed by atoms with Crippen LogP contribution in [0.25, 0.3) is 11.1 Å². The van der Waals surface area contributed by atoms with Crippen molar-refractivity contribution in [2.75, 3.05) is 31.0 Å². The molecule has 0 amide bonds. The predicted octanol–water partition coefficient (Wildman–Crippen LogP) is 3.02. The molecule has 32 heavy (non-hydrogen) atoms. The summed E-state index contributed by atoms with van der Waals surface area (Å²) in [6, 6.07) is 5.34. The Morgan fingerprint density at radius 1 is 1.28 bits per heavy atom. The highest BCUT2D eigenvalue weighted by Gasteiger charge is 2.19. The molecule has 0 atom stereocenters. The molecule has 0 fully saturated rings. The van der Waals surface area contributed by atoms with Gasteiger partial charge in [0.25, 0.3) is 0 Å². The minimum absolute atomic E-state index is 0.0986. The highest BCUT2D eigenvalue weighted by Crippen LogP contribution is 2.40. The summed E-state index contributed by atoms with van der Waals surface area (Å²) >= 11 is 6.50. The van der Waals surface area contributed by atoms with Crippen LogP contribution in [0.3, 0.4) is 0 Å². The highest BCUT2D eigenvalue weighted by atomic mass is 35.5. The Kier molecular flexibility index (Phi) is 6.81. The maximum Gasteiger partial charge on any atom is 0.177 e. The van der Waals surface area contributed by atoms with Crippen molar-refractivity contribution in [1.29, 1.82) is 5.26 Å². The van der Waals surface area contributed by atoms with Gasteiger partial charge in [0.2, 0.25) is 0 Å². The molecular weight excluding hydrogens is 452 g/mol. The molecule has 0 aliphatic rings. The number of ether oxygens (including phenoxy) is 1. The van der Waals surface area contributed by atoms with Gasteiger partial charge in [0.1, 0.15) is 35.3 Å². The van der Waals surface area contributed by atoms with Gasteiger partial charge in [-0.25, -0.2) is 18.4 Å². The van der Waals surface area contributed by atoms with Crippen molar-refractivity contribution < 1.29 is 13.2 Å². The molecule has 0 spiro atoms. The minimum Gasteiger partial charge on any atom is -0.496 e. The van der Waals surface area contributed by atoms with E-state index in [0.717, 1.165) is 17.4 Å². The van der Waals surface area contributed by atoms with E-state index in [2.05, 4.69) is 20.3 Å². The molecule has 3 N–H and O–H groups in total. The zero-order chi connectivity index (χ0) is 23.5. The standard InChI is InChI=1S/C21H21ClN6O3S/c1-12-17(22)7-13(4-5-26-21-16(8-23)20(24)27-11-28-21)19(31-2)18(12)14-6-15(10-25-9-14)32(3,29)30/h6-7,9-11H,4-5H2,1-3H3,(H3,24,26,27,28). The molecule has 2 aromatic heterocycles. The average Bonchev–Trinajstić information content (AvgIpc) is 2.75. The average molecular weight is 473 g/mol. The highest BCUT2D eigenvalue weighted by molar-refractivity contribution is 7.90. The predicted molar refractivity (Wildman–Crippen MR) is 122 cm³/mol. The van der Waals surface area contributed by atoms with Gasteiger partial charge in [-0.3, -0.25) is 4.98 Å². The molecule has 1 aromatic carbocycles. The van der Waals surface area contributed by atoms with Gasteiger partial charge in [-0.15, -0.1) is 0 Å². The van der Waals surface area contributed by atoms with Crippen molar-refractivity contribution in [3.05, 3.63) is 52.6 Å². The van der Waals surface area contributed by atoms with Gasteiger partial charge < -0.3 is 15.8 Å². The van der Waals surface area contributed by atoms with E-state index in [1.807, 2.05) is 13.0 Å². The molecule has 0 radical (unpaired) electrons. The fourth-order valence-corrected chi connectivity index (χ4v) is 4.08. The first kappa shape index (κ1) is 23.2. The number of nitrogen functional groups attached to an aromatic ring is 1. The number of nitriles is 1. The number of pyridine rings is 1. The molecule has 9 nitrogen and oxygen atoms in total. The minimum atomic E-state index is -3.44. The fraction of sp³-hybridized carbons (Fsp3) is 0.238. The van der Waals surface area contributed by atoms with E-state index in [4.69, 9.17) is 22.1 Å². The second-order valence-electron chi connectivity index (χ2n) is 7.00. The van der Waals surface area contributed by atoms with E-state index in [1.54, 1.807) is 18.3 Å². The number of sulfone groups is 1. The second-order valence-corrected chi connectivity index (χ2v) is 9.43. The van der Waals surface area contributed by atoms with Gasteiger partial charge in [0, 0.05) is 41.3 Å². The summed E-state index contributed by atoms with van der Waals surface area (Å²) in [5.41, 5.74) is 8.66. The van der Waals surface area contributed by atoms with Crippen molar-refractivity contribution in [2.45, 2.75) is 18.2 Å². The van der Waals surface area contributed by atoms with Crippen LogP contribution in [-0.2, 0) is 16.3 Å². The zero-order valence-electron chi connectivity index (χ0n) is 17.7. The first-order valence-corrected chi connectivity index (χ1v) is 11.7. The lowest BCUT2D eigenvalue weighted by molar-refractivity contribution is 0.411. The molecule has 166 valence electrons. The Balaban J connectivity index is 1.99. The van der Waals surface area contributed by atoms with Crippen LogP contribution in [0.15, 0.2) is 35.7 Å². The van der Waals surface area contributed by atoms with Gasteiger partial charge in [-0.1, -0.05) is 11.6 Å². The second kappa shape index (κ2) is 9.38. The van der Waals surface area contributed by atoms with Crippen LogP contribution < -0.4 is 15.8 Å². The molecule has 0 bridgehead atoms. The van der Waals surface area contributed by atoms with E-state index in [9.17, 15) is 13.7 Å². The van der Waals surface area contributed by atoms with Crippen LogP contribution in [0, 0.1) is 18.3 Å². The number of hydrogen-bond donors (Lipinski definition) is 2. The number of halogens is 1. The van der Waals surface area contributed by atoms with E-state index < -0.39 is 9.84 Å². The normalized spacial score (nSPS) is 11.1. The van der Waals surface area contributed by atoms with E-state index in [1.165, 1.54) is 19.6 Å². The Morgan fingerprint density at radius 2 is 2.03 bits per heavy atom. The number of aromatic nitrogens is 3. The number of benzene rings is 1. The third-order valence-corrected chi connectivity index (χ3v) is 6.33. The van der Waals surface area contributed by atoms with Gasteiger partial charge in [-0.2, -0.15) is 5.26 Å². The molecule has 0 unspecified atom stereocenters. The van der Waals surface area contributed by atoms with E-state index in [0.29, 0.717) is 40.7 Å². The lowest BCUT2D eigenvalue weighted by atomic mass is 9.96. The summed E-state index contributed by atoms with van der Waals surface area (Å²) in [6.45, 7) is 2.24. The Morgan fingerprint density at radius 3 is 2.69 bits per heavy atom. The molecule has 0 aliphatic carbocycles. The molecule has 0 aliphatic heterocycles. The third-order valence-electron chi connectivity index (χ3n) is 4.86. The Bertz CT molecular complexity index is 1320. The van der Waals surface area contributed by atoms with Gasteiger partial charge in [-0.05, 0) is 36.6 Å². The summed E-state index contributed by atoms with van der Waals surface area (Å²) in [7, 11) is -1.90. The number of hydrogen-bond acceptors (Lipinski definition) is 9. The number of nitrogens with zero attached hydrogens (tertiary/aromatic N) is 4. The Labute approximate surface area is 191 Å². The SMILES string of the molecule is COc1c(CCNc2ncnc(N)c2C#N)cc(Cl)c(C)c1-c1cncc(S(C)(=O)=O)c1. The first-order chi connectivity index (χ1) is 15.2. The van der Waals surface area contributed by atoms with Crippen molar-refractivity contribution in [1.82, 2.24) is 15.0 Å². The smallest absolute Gasteiger partial charge is 0.177 e. The third kappa shape index (κ3) is 4.74. The summed E-state index contributed by atoms with van der Waals surface area (Å²) < 4.78 is 29.7. The maximum atomic E-state index is 12.0. The topological polar surface area (TPSA) is 144 Å². The number of nitrogens with one attached hydrogen (secondary N) is 1. The van der Waals surface area contributed by atoms with Crippen molar-refractivity contribution in [3.63, 3.8) is 0 Å². The van der Waals surface area contributed by atoms with Crippen molar-refractivity contribution >= 4 is 33.1 Å². The summed E-state index contributed by atoms with van der Waals surface area (Å²) in [4.78, 5) is 12.1. The molecule has 3 rings (SSSR count). The maximum absolute atomic E-state index is 12.0. The summed E-state index contributed by atoms with van der Waals surface area (Å²) in [5, 5.41) is 12.9. The molecule has 0 saturated carbocycles. The van der Waals surface area contributed by atoms with Crippen LogP contribution in [0.1, 0.15) is 16.7 Å². The first-order valence-electron chi connectivity index (χ1n) is 9.43. The van der Waals surface area contributed by atoms with Crippen LogP contribution in [0.4, 0.5) is 11.6 Å². The lowest BCUT2D eigenvalue weighted by Crippen LogP contribution is -2.11. The van der Waals surface area contributed by atoms with Crippen LogP contribution >= 0.6 is 11.6 Å². The van der Waals surface area contributed by atoms with Crippen molar-refractivity contribution in [2.24, 2.45) is 0 Å². The number of methoxy groups -OCH3 is 1. The van der Waals surface area contributed by atoms with Gasteiger partial charge in [0.15, 0.2) is 9.84 Å². The fourth-order valence-electron chi connectivity index (χ4n) is 3.26. The molecule has 2 heterocycles.